The van der Waals surface area contributed by atoms with E-state index < -0.39 is 11.2 Å². The van der Waals surface area contributed by atoms with E-state index in [0.717, 1.165) is 0 Å². The molecule has 1 aliphatic rings. The normalized spacial score (nSPS) is 17.6. The Balaban J connectivity index is 2.01. The summed E-state index contributed by atoms with van der Waals surface area (Å²) in [4.78, 5) is 6.56. The quantitative estimate of drug-likeness (QED) is 0.726. The van der Waals surface area contributed by atoms with Gasteiger partial charge in [0.25, 0.3) is 0 Å². The van der Waals surface area contributed by atoms with Crippen molar-refractivity contribution in [2.45, 2.75) is 0 Å². The maximum absolute atomic E-state index is 11.7. The fourth-order valence-electron chi connectivity index (χ4n) is 1.10. The summed E-state index contributed by atoms with van der Waals surface area (Å²) in [7, 11) is 0. The molecule has 80 valence electrons. The minimum absolute atomic E-state index is 0.533. The van der Waals surface area contributed by atoms with E-state index in [4.69, 9.17) is 5.73 Å². The topological polar surface area (TPSA) is 76.2 Å². The van der Waals surface area contributed by atoms with Gasteiger partial charge in [-0.25, -0.2) is 13.2 Å². The molecule has 1 aliphatic heterocycles. The van der Waals surface area contributed by atoms with Crippen LogP contribution in [0.1, 0.15) is 0 Å². The van der Waals surface area contributed by atoms with Gasteiger partial charge in [-0.3, -0.25) is 5.01 Å². The van der Waals surface area contributed by atoms with Crippen LogP contribution < -0.4 is 10.6 Å². The Morgan fingerprint density at radius 2 is 2.47 bits per heavy atom. The van der Waals surface area contributed by atoms with E-state index in [2.05, 4.69) is 9.82 Å². The lowest BCUT2D eigenvalue weighted by Crippen LogP contribution is -2.43. The molecule has 0 saturated carbocycles. The standard InChI is InChI=1S/C8H11N5OS/c9-8-3-1-2-5-13(8)11-15(14)12-6-4-10-7-12/h1-4,6-7,11H,5,9H2. The minimum Gasteiger partial charge on any atom is -0.384 e. The van der Waals surface area contributed by atoms with Crippen LogP contribution in [0.3, 0.4) is 0 Å². The number of imidazole rings is 1. The summed E-state index contributed by atoms with van der Waals surface area (Å²) in [6.07, 6.45) is 10.2. The third-order valence-electron chi connectivity index (χ3n) is 1.86. The monoisotopic (exact) mass is 225 g/mol. The van der Waals surface area contributed by atoms with Crippen molar-refractivity contribution >= 4 is 11.2 Å². The van der Waals surface area contributed by atoms with E-state index in [1.807, 2.05) is 12.2 Å². The van der Waals surface area contributed by atoms with Gasteiger partial charge in [-0.05, 0) is 6.08 Å². The van der Waals surface area contributed by atoms with Crippen molar-refractivity contribution < 1.29 is 4.21 Å². The predicted molar refractivity (Wildman–Crippen MR) is 57.0 cm³/mol. The summed E-state index contributed by atoms with van der Waals surface area (Å²) >= 11 is -1.40. The first kappa shape index (κ1) is 9.94. The Kier molecular flexibility index (Phi) is 2.84. The summed E-state index contributed by atoms with van der Waals surface area (Å²) in [5.41, 5.74) is 5.69. The lowest BCUT2D eigenvalue weighted by Gasteiger charge is -2.24. The average Bonchev–Trinajstić information content (AvgIpc) is 2.74. The van der Waals surface area contributed by atoms with Crippen molar-refractivity contribution in [3.05, 3.63) is 42.8 Å². The van der Waals surface area contributed by atoms with Gasteiger partial charge in [0.05, 0.1) is 6.54 Å². The van der Waals surface area contributed by atoms with Crippen LogP contribution in [0.5, 0.6) is 0 Å². The van der Waals surface area contributed by atoms with E-state index in [1.165, 1.54) is 10.3 Å². The van der Waals surface area contributed by atoms with Gasteiger partial charge in [-0.15, -0.1) is 4.83 Å². The van der Waals surface area contributed by atoms with Crippen molar-refractivity contribution in [2.24, 2.45) is 5.73 Å². The molecule has 1 unspecified atom stereocenters. The Morgan fingerprint density at radius 3 is 3.13 bits per heavy atom. The molecule has 0 bridgehead atoms. The van der Waals surface area contributed by atoms with Gasteiger partial charge in [0.1, 0.15) is 12.1 Å². The lowest BCUT2D eigenvalue weighted by atomic mass is 10.4. The number of nitrogens with two attached hydrogens (primary N) is 1. The van der Waals surface area contributed by atoms with Crippen molar-refractivity contribution in [1.82, 2.24) is 18.8 Å². The number of hydrogen-bond acceptors (Lipinski definition) is 4. The van der Waals surface area contributed by atoms with E-state index >= 15 is 0 Å². The Labute approximate surface area is 89.8 Å². The highest BCUT2D eigenvalue weighted by Crippen LogP contribution is 2.01. The molecule has 0 aliphatic carbocycles. The number of nitrogens with zero attached hydrogens (tertiary/aromatic N) is 3. The number of allylic oxidation sites excluding steroid dienone is 2. The lowest BCUT2D eigenvalue weighted by molar-refractivity contribution is 0.339. The minimum atomic E-state index is -1.40. The van der Waals surface area contributed by atoms with E-state index in [-0.39, 0.29) is 0 Å². The molecule has 0 radical (unpaired) electrons. The van der Waals surface area contributed by atoms with Crippen molar-refractivity contribution in [1.29, 1.82) is 0 Å². The summed E-state index contributed by atoms with van der Waals surface area (Å²) in [6.45, 7) is 0.586. The zero-order chi connectivity index (χ0) is 10.7. The number of hydrazine groups is 1. The van der Waals surface area contributed by atoms with E-state index in [0.29, 0.717) is 12.4 Å². The second-order valence-corrected chi connectivity index (χ2v) is 4.00. The van der Waals surface area contributed by atoms with Crippen LogP contribution in [0.4, 0.5) is 0 Å². The molecule has 0 spiro atoms. The van der Waals surface area contributed by atoms with Gasteiger partial charge in [0, 0.05) is 12.4 Å². The van der Waals surface area contributed by atoms with Gasteiger partial charge >= 0.3 is 0 Å². The maximum Gasteiger partial charge on any atom is 0.220 e. The van der Waals surface area contributed by atoms with Gasteiger partial charge in [-0.2, -0.15) is 0 Å². The van der Waals surface area contributed by atoms with E-state index in [1.54, 1.807) is 23.5 Å². The first-order valence-electron chi connectivity index (χ1n) is 4.34. The largest absolute Gasteiger partial charge is 0.384 e. The molecule has 0 fully saturated rings. The smallest absolute Gasteiger partial charge is 0.220 e. The van der Waals surface area contributed by atoms with Crippen molar-refractivity contribution in [3.8, 4) is 0 Å². The van der Waals surface area contributed by atoms with Crippen LogP contribution in [0, 0.1) is 0 Å². The molecule has 0 saturated heterocycles. The number of hydrogen-bond donors (Lipinski definition) is 2. The zero-order valence-electron chi connectivity index (χ0n) is 7.91. The van der Waals surface area contributed by atoms with Crippen LogP contribution in [0.15, 0.2) is 42.8 Å². The molecule has 1 aromatic rings. The highest BCUT2D eigenvalue weighted by Gasteiger charge is 2.10. The first-order valence-corrected chi connectivity index (χ1v) is 5.44. The third kappa shape index (κ3) is 2.25. The molecule has 6 nitrogen and oxygen atoms in total. The zero-order valence-corrected chi connectivity index (χ0v) is 8.72. The van der Waals surface area contributed by atoms with Crippen LogP contribution in [-0.2, 0) is 11.2 Å². The van der Waals surface area contributed by atoms with Crippen molar-refractivity contribution in [3.63, 3.8) is 0 Å². The van der Waals surface area contributed by atoms with Gasteiger partial charge in [0.2, 0.25) is 11.2 Å². The number of aromatic nitrogens is 2. The number of nitrogens with one attached hydrogen (secondary N) is 1. The molecule has 1 atom stereocenters. The molecule has 0 aromatic carbocycles. The summed E-state index contributed by atoms with van der Waals surface area (Å²) in [6, 6.07) is 0. The molecule has 1 aromatic heterocycles. The molecular formula is C8H11N5OS. The number of rotatable bonds is 3. The fraction of sp³-hybridized carbons (Fsp3) is 0.125. The Hall–Kier alpha value is -1.60. The molecule has 3 N–H and O–H groups in total. The summed E-state index contributed by atoms with van der Waals surface area (Å²) < 4.78 is 13.1. The molecule has 15 heavy (non-hydrogen) atoms. The molecule has 7 heteroatoms. The third-order valence-corrected chi connectivity index (χ3v) is 2.84. The predicted octanol–water partition coefficient (Wildman–Crippen LogP) is -0.514. The average molecular weight is 225 g/mol. The fourth-order valence-corrected chi connectivity index (χ4v) is 1.87. The second-order valence-electron chi connectivity index (χ2n) is 2.89. The second kappa shape index (κ2) is 4.28. The highest BCUT2D eigenvalue weighted by atomic mass is 32.2. The molecular weight excluding hydrogens is 214 g/mol. The van der Waals surface area contributed by atoms with Gasteiger partial charge in [-0.1, -0.05) is 12.2 Å². The van der Waals surface area contributed by atoms with Crippen LogP contribution in [-0.4, -0.2) is 24.7 Å². The summed E-state index contributed by atoms with van der Waals surface area (Å²) in [5, 5.41) is 1.61. The molecule has 2 heterocycles. The molecule has 2 rings (SSSR count). The van der Waals surface area contributed by atoms with Crippen LogP contribution in [0.2, 0.25) is 0 Å². The van der Waals surface area contributed by atoms with Crippen molar-refractivity contribution in [2.75, 3.05) is 6.54 Å². The first-order chi connectivity index (χ1) is 7.27. The summed E-state index contributed by atoms with van der Waals surface area (Å²) in [5.74, 6) is 0.533. The van der Waals surface area contributed by atoms with Gasteiger partial charge in [0.15, 0.2) is 0 Å². The van der Waals surface area contributed by atoms with Gasteiger partial charge < -0.3 is 5.73 Å². The highest BCUT2D eigenvalue weighted by molar-refractivity contribution is 7.81. The SMILES string of the molecule is NC1=CC=CCN1NS(=O)n1ccnc1. The Morgan fingerprint density at radius 1 is 1.60 bits per heavy atom. The van der Waals surface area contributed by atoms with Crippen LogP contribution >= 0.6 is 0 Å². The maximum atomic E-state index is 11.7. The molecule has 0 amide bonds. The van der Waals surface area contributed by atoms with Crippen LogP contribution in [0.25, 0.3) is 0 Å². The Bertz CT molecular complexity index is 411. The van der Waals surface area contributed by atoms with E-state index in [9.17, 15) is 4.21 Å².